The molecule has 1 aromatic rings. The molecule has 3 aliphatic carbocycles. The van der Waals surface area contributed by atoms with Gasteiger partial charge < -0.3 is 5.11 Å². The number of unbranched alkanes of at least 4 members (excludes halogenated alkanes) is 3. The lowest BCUT2D eigenvalue weighted by Gasteiger charge is -2.61. The van der Waals surface area contributed by atoms with Gasteiger partial charge in [-0.3, -0.25) is 0 Å². The van der Waals surface area contributed by atoms with Crippen LogP contribution in [0, 0.1) is 24.2 Å². The number of phenols is 1. The van der Waals surface area contributed by atoms with E-state index in [1.165, 1.54) is 60.8 Å². The van der Waals surface area contributed by atoms with Crippen molar-refractivity contribution in [3.05, 3.63) is 41.0 Å². The summed E-state index contributed by atoms with van der Waals surface area (Å²) in [7, 11) is 0. The van der Waals surface area contributed by atoms with Crippen LogP contribution in [0.2, 0.25) is 0 Å². The molecule has 1 nitrogen and oxygen atoms in total. The summed E-state index contributed by atoms with van der Waals surface area (Å²) in [5.41, 5.74) is 5.59. The predicted octanol–water partition coefficient (Wildman–Crippen LogP) is 7.65. The van der Waals surface area contributed by atoms with Crippen molar-refractivity contribution in [3.63, 3.8) is 0 Å². The van der Waals surface area contributed by atoms with Crippen LogP contribution in [0.5, 0.6) is 5.75 Å². The largest absolute Gasteiger partial charge is 0.508 e. The average molecular weight is 369 g/mol. The van der Waals surface area contributed by atoms with Gasteiger partial charge in [0.05, 0.1) is 0 Å². The Morgan fingerprint density at radius 1 is 1.19 bits per heavy atom. The first-order valence-corrected chi connectivity index (χ1v) is 11.1. The van der Waals surface area contributed by atoms with Crippen molar-refractivity contribution in [2.24, 2.45) is 17.3 Å². The Morgan fingerprint density at radius 2 is 1.89 bits per heavy atom. The minimum Gasteiger partial charge on any atom is -0.508 e. The molecule has 3 fully saturated rings. The first-order valence-electron chi connectivity index (χ1n) is 11.1. The zero-order valence-electron chi connectivity index (χ0n) is 18.5. The third-order valence-electron chi connectivity index (χ3n) is 7.98. The fourth-order valence-corrected chi connectivity index (χ4v) is 6.00. The fraction of sp³-hybridized carbons (Fsp3) is 0.692. The van der Waals surface area contributed by atoms with Gasteiger partial charge in [-0.05, 0) is 72.0 Å². The number of rotatable bonds is 7. The molecular weight excluding hydrogens is 328 g/mol. The lowest BCUT2D eigenvalue weighted by Crippen LogP contribution is -2.52. The number of hydrogen-bond acceptors (Lipinski definition) is 1. The van der Waals surface area contributed by atoms with Crippen LogP contribution in [0.4, 0.5) is 0 Å². The van der Waals surface area contributed by atoms with Crippen molar-refractivity contribution in [2.45, 2.75) is 97.8 Å². The standard InChI is InChI=1S/C26H40O/c1-8-9-10-11-12-25(4,5)19-13-18(3)24(23(27)15-19)20-14-17(2)21-16-22(20)26(21,6)7/h13,15,20-22,27H,2,8-12,14,16H2,1,3-7H3/t20-,21?,22?/m0/s1. The summed E-state index contributed by atoms with van der Waals surface area (Å²) < 4.78 is 0. The number of allylic oxidation sites excluding steroid dienone is 1. The van der Waals surface area contributed by atoms with E-state index in [1.54, 1.807) is 0 Å². The number of benzene rings is 1. The summed E-state index contributed by atoms with van der Waals surface area (Å²) in [4.78, 5) is 0. The maximum Gasteiger partial charge on any atom is 0.119 e. The summed E-state index contributed by atoms with van der Waals surface area (Å²) in [5.74, 6) is 2.30. The summed E-state index contributed by atoms with van der Waals surface area (Å²) in [5, 5.41) is 11.1. The van der Waals surface area contributed by atoms with E-state index in [2.05, 4.69) is 60.3 Å². The smallest absolute Gasteiger partial charge is 0.119 e. The Hall–Kier alpha value is -1.24. The van der Waals surface area contributed by atoms with E-state index >= 15 is 0 Å². The molecule has 0 saturated heterocycles. The fourth-order valence-electron chi connectivity index (χ4n) is 6.00. The lowest BCUT2D eigenvalue weighted by atomic mass is 9.43. The Morgan fingerprint density at radius 3 is 2.44 bits per heavy atom. The van der Waals surface area contributed by atoms with Gasteiger partial charge in [0.25, 0.3) is 0 Å². The molecule has 1 N–H and O–H groups in total. The Balaban J connectivity index is 1.84. The monoisotopic (exact) mass is 368 g/mol. The highest BCUT2D eigenvalue weighted by Crippen LogP contribution is 2.66. The molecule has 0 radical (unpaired) electrons. The maximum atomic E-state index is 11.1. The zero-order chi connectivity index (χ0) is 20.0. The highest BCUT2D eigenvalue weighted by atomic mass is 16.3. The SMILES string of the molecule is C=C1C[C@H](c2c(C)cc(C(C)(C)CCCCCC)cc2O)C2CC1C2(C)C. The Bertz CT molecular complexity index is 686. The molecule has 150 valence electrons. The number of fused-ring (bicyclic) bond motifs is 2. The van der Waals surface area contributed by atoms with Crippen LogP contribution in [0.1, 0.15) is 102 Å². The topological polar surface area (TPSA) is 20.2 Å². The van der Waals surface area contributed by atoms with E-state index in [1.807, 2.05) is 0 Å². The lowest BCUT2D eigenvalue weighted by molar-refractivity contribution is -0.0441. The molecular formula is C26H40O. The van der Waals surface area contributed by atoms with Crippen molar-refractivity contribution in [1.82, 2.24) is 0 Å². The van der Waals surface area contributed by atoms with Crippen molar-refractivity contribution in [2.75, 3.05) is 0 Å². The second kappa shape index (κ2) is 7.30. The minimum atomic E-state index is 0.117. The quantitative estimate of drug-likeness (QED) is 0.387. The van der Waals surface area contributed by atoms with Crippen LogP contribution in [0.3, 0.4) is 0 Å². The second-order valence-corrected chi connectivity index (χ2v) is 10.6. The molecule has 0 aromatic heterocycles. The summed E-state index contributed by atoms with van der Waals surface area (Å²) in [6, 6.07) is 4.43. The van der Waals surface area contributed by atoms with Crippen molar-refractivity contribution >= 4 is 0 Å². The molecule has 0 aliphatic heterocycles. The second-order valence-electron chi connectivity index (χ2n) is 10.6. The van der Waals surface area contributed by atoms with Gasteiger partial charge >= 0.3 is 0 Å². The predicted molar refractivity (Wildman–Crippen MR) is 117 cm³/mol. The van der Waals surface area contributed by atoms with Crippen LogP contribution >= 0.6 is 0 Å². The van der Waals surface area contributed by atoms with Crippen molar-refractivity contribution < 1.29 is 5.11 Å². The molecule has 1 heteroatoms. The van der Waals surface area contributed by atoms with Crippen LogP contribution in [-0.2, 0) is 5.41 Å². The van der Waals surface area contributed by atoms with Crippen molar-refractivity contribution in [3.8, 4) is 5.75 Å². The molecule has 1 aromatic carbocycles. The highest BCUT2D eigenvalue weighted by molar-refractivity contribution is 5.49. The van der Waals surface area contributed by atoms with Gasteiger partial charge in [0, 0.05) is 5.56 Å². The molecule has 0 heterocycles. The number of aromatic hydroxyl groups is 1. The number of hydrogen-bond donors (Lipinski definition) is 1. The van der Waals surface area contributed by atoms with Crippen LogP contribution in [0.15, 0.2) is 24.3 Å². The molecule has 2 unspecified atom stereocenters. The van der Waals surface area contributed by atoms with Crippen molar-refractivity contribution in [1.29, 1.82) is 0 Å². The van der Waals surface area contributed by atoms with Crippen LogP contribution in [-0.4, -0.2) is 5.11 Å². The molecule has 27 heavy (non-hydrogen) atoms. The van der Waals surface area contributed by atoms with Gasteiger partial charge in [-0.2, -0.15) is 0 Å². The van der Waals surface area contributed by atoms with E-state index in [-0.39, 0.29) is 5.41 Å². The maximum absolute atomic E-state index is 11.1. The van der Waals surface area contributed by atoms with Gasteiger partial charge in [-0.25, -0.2) is 0 Å². The molecule has 2 bridgehead atoms. The molecule has 3 atom stereocenters. The Labute approximate surface area is 167 Å². The number of phenolic OH excluding ortho intramolecular Hbond substituents is 1. The molecule has 4 rings (SSSR count). The summed E-state index contributed by atoms with van der Waals surface area (Å²) in [6.45, 7) is 18.3. The van der Waals surface area contributed by atoms with E-state index in [0.29, 0.717) is 28.9 Å². The first kappa shape index (κ1) is 20.5. The van der Waals surface area contributed by atoms with E-state index in [9.17, 15) is 5.11 Å². The van der Waals surface area contributed by atoms with E-state index < -0.39 is 0 Å². The number of aryl methyl sites for hydroxylation is 1. The van der Waals surface area contributed by atoms with Gasteiger partial charge in [0.1, 0.15) is 5.75 Å². The average Bonchev–Trinajstić information content (AvgIpc) is 2.57. The van der Waals surface area contributed by atoms with Gasteiger partial charge in [0.2, 0.25) is 0 Å². The molecule has 3 aliphatic rings. The third-order valence-corrected chi connectivity index (χ3v) is 7.98. The normalized spacial score (nSPS) is 26.7. The molecule has 0 amide bonds. The van der Waals surface area contributed by atoms with Gasteiger partial charge in [-0.1, -0.05) is 78.5 Å². The van der Waals surface area contributed by atoms with E-state index in [0.717, 1.165) is 6.42 Å². The summed E-state index contributed by atoms with van der Waals surface area (Å²) >= 11 is 0. The van der Waals surface area contributed by atoms with E-state index in [4.69, 9.17) is 0 Å². The first-order chi connectivity index (χ1) is 12.6. The van der Waals surface area contributed by atoms with Crippen LogP contribution < -0.4 is 0 Å². The van der Waals surface area contributed by atoms with Gasteiger partial charge in [-0.15, -0.1) is 0 Å². The summed E-state index contributed by atoms with van der Waals surface area (Å²) in [6.07, 6.45) is 8.66. The zero-order valence-corrected chi connectivity index (χ0v) is 18.5. The molecule has 0 spiro atoms. The minimum absolute atomic E-state index is 0.117. The third kappa shape index (κ3) is 3.59. The Kier molecular flexibility index (Phi) is 5.54. The van der Waals surface area contributed by atoms with Gasteiger partial charge in [0.15, 0.2) is 0 Å². The highest BCUT2D eigenvalue weighted by Gasteiger charge is 2.56. The molecule has 3 saturated carbocycles. The van der Waals surface area contributed by atoms with Crippen LogP contribution in [0.25, 0.3) is 0 Å².